The molecular formula is C15H20N2O. The maximum atomic E-state index is 11.8. The first kappa shape index (κ1) is 14.2. The molecule has 0 heterocycles. The summed E-state index contributed by atoms with van der Waals surface area (Å²) < 4.78 is 0. The van der Waals surface area contributed by atoms with Gasteiger partial charge in [0, 0.05) is 12.0 Å². The predicted octanol–water partition coefficient (Wildman–Crippen LogP) is 2.80. The van der Waals surface area contributed by atoms with E-state index >= 15 is 0 Å². The molecule has 0 aliphatic heterocycles. The van der Waals surface area contributed by atoms with Crippen molar-refractivity contribution in [3.8, 4) is 6.07 Å². The van der Waals surface area contributed by atoms with Crippen LogP contribution >= 0.6 is 0 Å². The maximum Gasteiger partial charge on any atom is 0.220 e. The van der Waals surface area contributed by atoms with Gasteiger partial charge in [0.2, 0.25) is 5.91 Å². The molecule has 0 saturated carbocycles. The van der Waals surface area contributed by atoms with Crippen molar-refractivity contribution < 1.29 is 4.79 Å². The number of aryl methyl sites for hydroxylation is 1. The van der Waals surface area contributed by atoms with Crippen LogP contribution in [0.15, 0.2) is 24.3 Å². The van der Waals surface area contributed by atoms with E-state index in [-0.39, 0.29) is 11.4 Å². The zero-order valence-electron chi connectivity index (χ0n) is 11.3. The highest BCUT2D eigenvalue weighted by Crippen LogP contribution is 2.09. The molecule has 0 spiro atoms. The Labute approximate surface area is 109 Å². The molecule has 0 aromatic heterocycles. The smallest absolute Gasteiger partial charge is 0.220 e. The van der Waals surface area contributed by atoms with Crippen LogP contribution in [0.4, 0.5) is 0 Å². The second kappa shape index (κ2) is 6.20. The first-order valence-corrected chi connectivity index (χ1v) is 6.27. The Balaban J connectivity index is 2.45. The zero-order valence-corrected chi connectivity index (χ0v) is 11.3. The number of carbonyl (C=O) groups is 1. The van der Waals surface area contributed by atoms with E-state index in [1.165, 1.54) is 0 Å². The van der Waals surface area contributed by atoms with Crippen molar-refractivity contribution >= 4 is 5.91 Å². The van der Waals surface area contributed by atoms with Gasteiger partial charge in [0.25, 0.3) is 0 Å². The normalized spacial score (nSPS) is 10.8. The summed E-state index contributed by atoms with van der Waals surface area (Å²) in [5, 5.41) is 11.7. The van der Waals surface area contributed by atoms with E-state index in [9.17, 15) is 4.79 Å². The summed E-state index contributed by atoms with van der Waals surface area (Å²) in [7, 11) is 0. The van der Waals surface area contributed by atoms with Gasteiger partial charge in [-0.15, -0.1) is 0 Å². The van der Waals surface area contributed by atoms with Crippen LogP contribution in [-0.4, -0.2) is 11.4 Å². The number of hydrogen-bond acceptors (Lipinski definition) is 2. The lowest BCUT2D eigenvalue weighted by Crippen LogP contribution is -2.42. The van der Waals surface area contributed by atoms with Gasteiger partial charge in [-0.05, 0) is 44.4 Å². The van der Waals surface area contributed by atoms with Crippen molar-refractivity contribution in [3.05, 3.63) is 35.4 Å². The lowest BCUT2D eigenvalue weighted by Gasteiger charge is -2.24. The number of nitrogens with one attached hydrogen (secondary N) is 1. The van der Waals surface area contributed by atoms with E-state index in [4.69, 9.17) is 5.26 Å². The van der Waals surface area contributed by atoms with E-state index in [0.29, 0.717) is 18.4 Å². The first-order valence-electron chi connectivity index (χ1n) is 6.27. The molecule has 0 bridgehead atoms. The lowest BCUT2D eigenvalue weighted by atomic mass is 10.0. The summed E-state index contributed by atoms with van der Waals surface area (Å²) >= 11 is 0. The first-order chi connectivity index (χ1) is 8.46. The Bertz CT molecular complexity index is 441. The van der Waals surface area contributed by atoms with Gasteiger partial charge in [-0.3, -0.25) is 4.79 Å². The molecule has 18 heavy (non-hydrogen) atoms. The van der Waals surface area contributed by atoms with E-state index in [1.54, 1.807) is 12.1 Å². The maximum absolute atomic E-state index is 11.8. The number of nitrogens with zero attached hydrogens (tertiary/aromatic N) is 1. The molecule has 0 unspecified atom stereocenters. The average Bonchev–Trinajstić information content (AvgIpc) is 2.36. The van der Waals surface area contributed by atoms with Crippen LogP contribution in [0.3, 0.4) is 0 Å². The number of benzene rings is 1. The van der Waals surface area contributed by atoms with Crippen LogP contribution in [-0.2, 0) is 11.2 Å². The topological polar surface area (TPSA) is 52.9 Å². The summed E-state index contributed by atoms with van der Waals surface area (Å²) in [6, 6.07) is 9.44. The summed E-state index contributed by atoms with van der Waals surface area (Å²) in [5.74, 6) is 0.0752. The third-order valence-electron chi connectivity index (χ3n) is 3.09. The highest BCUT2D eigenvalue weighted by Gasteiger charge is 2.17. The van der Waals surface area contributed by atoms with Crippen LogP contribution in [0, 0.1) is 11.3 Å². The van der Waals surface area contributed by atoms with Gasteiger partial charge < -0.3 is 5.32 Å². The molecule has 1 amide bonds. The molecular weight excluding hydrogens is 224 g/mol. The van der Waals surface area contributed by atoms with E-state index in [0.717, 1.165) is 12.0 Å². The van der Waals surface area contributed by atoms with Crippen LogP contribution < -0.4 is 5.32 Å². The second-order valence-corrected chi connectivity index (χ2v) is 5.09. The molecule has 1 aromatic carbocycles. The Hall–Kier alpha value is -1.82. The Morgan fingerprint density at radius 3 is 2.44 bits per heavy atom. The Morgan fingerprint density at radius 2 is 1.94 bits per heavy atom. The molecule has 1 rings (SSSR count). The minimum Gasteiger partial charge on any atom is -0.351 e. The fourth-order valence-electron chi connectivity index (χ4n) is 1.53. The number of amides is 1. The highest BCUT2D eigenvalue weighted by molar-refractivity contribution is 5.76. The third-order valence-corrected chi connectivity index (χ3v) is 3.09. The van der Waals surface area contributed by atoms with Gasteiger partial charge in [0.15, 0.2) is 0 Å². The summed E-state index contributed by atoms with van der Waals surface area (Å²) in [6.45, 7) is 6.10. The summed E-state index contributed by atoms with van der Waals surface area (Å²) in [6.07, 6.45) is 2.10. The molecule has 96 valence electrons. The van der Waals surface area contributed by atoms with Gasteiger partial charge in [0.05, 0.1) is 11.6 Å². The molecule has 0 fully saturated rings. The molecule has 1 N–H and O–H groups in total. The Kier molecular flexibility index (Phi) is 4.91. The van der Waals surface area contributed by atoms with E-state index in [1.807, 2.05) is 26.0 Å². The van der Waals surface area contributed by atoms with Gasteiger partial charge in [-0.2, -0.15) is 5.26 Å². The van der Waals surface area contributed by atoms with Crippen molar-refractivity contribution in [1.82, 2.24) is 5.32 Å². The van der Waals surface area contributed by atoms with Crippen LogP contribution in [0.1, 0.15) is 44.7 Å². The number of rotatable bonds is 5. The monoisotopic (exact) mass is 244 g/mol. The molecule has 0 saturated heterocycles. The minimum absolute atomic E-state index is 0.0752. The van der Waals surface area contributed by atoms with Gasteiger partial charge in [-0.1, -0.05) is 19.1 Å². The quantitative estimate of drug-likeness (QED) is 0.866. The third kappa shape index (κ3) is 4.58. The number of hydrogen-bond donors (Lipinski definition) is 1. The largest absolute Gasteiger partial charge is 0.351 e. The van der Waals surface area contributed by atoms with Crippen molar-refractivity contribution in [2.75, 3.05) is 0 Å². The fraction of sp³-hybridized carbons (Fsp3) is 0.467. The second-order valence-electron chi connectivity index (χ2n) is 5.09. The van der Waals surface area contributed by atoms with E-state index < -0.39 is 0 Å². The van der Waals surface area contributed by atoms with E-state index in [2.05, 4.69) is 18.3 Å². The van der Waals surface area contributed by atoms with Gasteiger partial charge in [-0.25, -0.2) is 0 Å². The molecule has 0 atom stereocenters. The lowest BCUT2D eigenvalue weighted by molar-refractivity contribution is -0.122. The SMILES string of the molecule is CCC(C)(C)NC(=O)CCc1ccc(C#N)cc1. The highest BCUT2D eigenvalue weighted by atomic mass is 16.1. The molecule has 3 nitrogen and oxygen atoms in total. The molecule has 1 aromatic rings. The molecule has 0 radical (unpaired) electrons. The molecule has 3 heteroatoms. The predicted molar refractivity (Wildman–Crippen MR) is 72.0 cm³/mol. The van der Waals surface area contributed by atoms with Crippen molar-refractivity contribution in [1.29, 1.82) is 5.26 Å². The number of nitriles is 1. The summed E-state index contributed by atoms with van der Waals surface area (Å²) in [5.41, 5.74) is 1.59. The van der Waals surface area contributed by atoms with Crippen molar-refractivity contribution in [2.24, 2.45) is 0 Å². The number of carbonyl (C=O) groups excluding carboxylic acids is 1. The minimum atomic E-state index is -0.137. The van der Waals surface area contributed by atoms with Crippen molar-refractivity contribution in [3.63, 3.8) is 0 Å². The van der Waals surface area contributed by atoms with Crippen LogP contribution in [0.5, 0.6) is 0 Å². The standard InChI is InChI=1S/C15H20N2O/c1-4-15(2,3)17-14(18)10-9-12-5-7-13(11-16)8-6-12/h5-8H,4,9-10H2,1-3H3,(H,17,18). The van der Waals surface area contributed by atoms with Crippen molar-refractivity contribution in [2.45, 2.75) is 45.6 Å². The van der Waals surface area contributed by atoms with Gasteiger partial charge >= 0.3 is 0 Å². The molecule has 0 aliphatic carbocycles. The fourth-order valence-corrected chi connectivity index (χ4v) is 1.53. The van der Waals surface area contributed by atoms with Crippen LogP contribution in [0.2, 0.25) is 0 Å². The zero-order chi connectivity index (χ0) is 13.6. The van der Waals surface area contributed by atoms with Crippen LogP contribution in [0.25, 0.3) is 0 Å². The Morgan fingerprint density at radius 1 is 1.33 bits per heavy atom. The average molecular weight is 244 g/mol. The summed E-state index contributed by atoms with van der Waals surface area (Å²) in [4.78, 5) is 11.8. The van der Waals surface area contributed by atoms with Gasteiger partial charge in [0.1, 0.15) is 0 Å². The molecule has 0 aliphatic rings.